The normalized spacial score (nSPS) is 12.9. The first kappa shape index (κ1) is 22.1. The third-order valence-electron chi connectivity index (χ3n) is 4.66. The lowest BCUT2D eigenvalue weighted by atomic mass is 10.2. The van der Waals surface area contributed by atoms with Crippen LogP contribution in [0.1, 0.15) is 18.0 Å². The highest BCUT2D eigenvalue weighted by molar-refractivity contribution is 7.85. The Kier molecular flexibility index (Phi) is 7.67. The Morgan fingerprint density at radius 3 is 2.50 bits per heavy atom. The SMILES string of the molecule is CN(Cc1ccccc1)c1ccc(N=NCC(CCS(=O)(=O)O)[n+]2ccsc2)cc1. The van der Waals surface area contributed by atoms with E-state index in [0.29, 0.717) is 6.54 Å². The van der Waals surface area contributed by atoms with Crippen molar-refractivity contribution in [1.29, 1.82) is 0 Å². The number of thiazole rings is 1. The van der Waals surface area contributed by atoms with Gasteiger partial charge in [0.2, 0.25) is 5.51 Å². The van der Waals surface area contributed by atoms with Gasteiger partial charge in [-0.3, -0.25) is 4.55 Å². The summed E-state index contributed by atoms with van der Waals surface area (Å²) in [6.45, 7) is 1.14. The van der Waals surface area contributed by atoms with Crippen LogP contribution in [0.4, 0.5) is 11.4 Å². The topological polar surface area (TPSA) is 86.2 Å². The lowest BCUT2D eigenvalue weighted by Crippen LogP contribution is -2.39. The zero-order chi connectivity index (χ0) is 21.4. The Bertz CT molecular complexity index is 1040. The van der Waals surface area contributed by atoms with Gasteiger partial charge in [0.15, 0.2) is 12.2 Å². The second-order valence-electron chi connectivity index (χ2n) is 6.98. The van der Waals surface area contributed by atoms with E-state index in [1.54, 1.807) is 0 Å². The first-order valence-electron chi connectivity index (χ1n) is 9.51. The molecule has 1 unspecified atom stereocenters. The fourth-order valence-electron chi connectivity index (χ4n) is 3.01. The van der Waals surface area contributed by atoms with E-state index < -0.39 is 10.1 Å². The molecule has 0 fully saturated rings. The Morgan fingerprint density at radius 1 is 1.13 bits per heavy atom. The van der Waals surface area contributed by atoms with E-state index in [4.69, 9.17) is 4.55 Å². The lowest BCUT2D eigenvalue weighted by Gasteiger charge is -2.19. The molecule has 7 nitrogen and oxygen atoms in total. The summed E-state index contributed by atoms with van der Waals surface area (Å²) < 4.78 is 33.1. The van der Waals surface area contributed by atoms with Crippen LogP contribution in [0.2, 0.25) is 0 Å². The average Bonchev–Trinajstić information content (AvgIpc) is 3.25. The Hall–Kier alpha value is -2.62. The number of hydrogen-bond acceptors (Lipinski definition) is 6. The molecule has 0 bridgehead atoms. The van der Waals surface area contributed by atoms with Crippen LogP contribution in [0.15, 0.2) is 81.9 Å². The zero-order valence-corrected chi connectivity index (χ0v) is 18.3. The molecule has 0 saturated carbocycles. The van der Waals surface area contributed by atoms with Gasteiger partial charge in [0.05, 0.1) is 16.8 Å². The number of rotatable bonds is 10. The third kappa shape index (κ3) is 7.01. The van der Waals surface area contributed by atoms with E-state index in [2.05, 4.69) is 27.3 Å². The number of nitrogens with zero attached hydrogens (tertiary/aromatic N) is 4. The molecule has 0 saturated heterocycles. The maximum Gasteiger partial charge on any atom is 0.265 e. The van der Waals surface area contributed by atoms with Crippen molar-refractivity contribution in [2.24, 2.45) is 10.2 Å². The van der Waals surface area contributed by atoms with Crippen molar-refractivity contribution in [1.82, 2.24) is 0 Å². The summed E-state index contributed by atoms with van der Waals surface area (Å²) in [5.41, 5.74) is 4.95. The summed E-state index contributed by atoms with van der Waals surface area (Å²) >= 11 is 1.51. The van der Waals surface area contributed by atoms with Gasteiger partial charge in [-0.05, 0) is 29.8 Å². The minimum atomic E-state index is -4.01. The molecule has 3 aromatic rings. The van der Waals surface area contributed by atoms with Crippen LogP contribution in [-0.4, -0.2) is 32.3 Å². The lowest BCUT2D eigenvalue weighted by molar-refractivity contribution is -0.716. The summed E-state index contributed by atoms with van der Waals surface area (Å²) in [5, 5.41) is 10.4. The van der Waals surface area contributed by atoms with Crippen LogP contribution in [0.25, 0.3) is 0 Å². The largest absolute Gasteiger partial charge is 0.370 e. The molecule has 30 heavy (non-hydrogen) atoms. The highest BCUT2D eigenvalue weighted by Gasteiger charge is 2.21. The predicted octanol–water partition coefficient (Wildman–Crippen LogP) is 4.27. The second kappa shape index (κ2) is 10.4. The molecule has 1 atom stereocenters. The molecule has 0 amide bonds. The summed E-state index contributed by atoms with van der Waals surface area (Å²) in [5.74, 6) is -0.307. The number of anilines is 1. The van der Waals surface area contributed by atoms with Gasteiger partial charge in [-0.25, -0.2) is 0 Å². The minimum absolute atomic E-state index is 0.182. The fourth-order valence-corrected chi connectivity index (χ4v) is 4.25. The van der Waals surface area contributed by atoms with E-state index >= 15 is 0 Å². The van der Waals surface area contributed by atoms with Gasteiger partial charge in [-0.2, -0.15) is 23.2 Å². The van der Waals surface area contributed by atoms with Crippen molar-refractivity contribution in [3.63, 3.8) is 0 Å². The Morgan fingerprint density at radius 2 is 1.87 bits per heavy atom. The van der Waals surface area contributed by atoms with Gasteiger partial charge >= 0.3 is 0 Å². The van der Waals surface area contributed by atoms with Crippen LogP contribution < -0.4 is 9.47 Å². The smallest absolute Gasteiger partial charge is 0.265 e. The predicted molar refractivity (Wildman–Crippen MR) is 119 cm³/mol. The van der Waals surface area contributed by atoms with Crippen LogP contribution in [0.5, 0.6) is 0 Å². The van der Waals surface area contributed by atoms with Crippen molar-refractivity contribution < 1.29 is 17.5 Å². The molecule has 0 aliphatic rings. The fraction of sp³-hybridized carbons (Fsp3) is 0.286. The van der Waals surface area contributed by atoms with E-state index in [-0.39, 0.29) is 18.2 Å². The molecule has 1 aromatic heterocycles. The number of azo groups is 1. The van der Waals surface area contributed by atoms with Gasteiger partial charge in [0.1, 0.15) is 6.54 Å². The van der Waals surface area contributed by atoms with Gasteiger partial charge in [0, 0.05) is 25.7 Å². The molecule has 9 heteroatoms. The molecule has 0 aliphatic heterocycles. The van der Waals surface area contributed by atoms with E-state index in [1.807, 2.05) is 71.2 Å². The van der Waals surface area contributed by atoms with Crippen LogP contribution in [0.3, 0.4) is 0 Å². The molecule has 1 N–H and O–H groups in total. The molecule has 3 rings (SSSR count). The van der Waals surface area contributed by atoms with Crippen LogP contribution >= 0.6 is 11.3 Å². The van der Waals surface area contributed by atoms with Gasteiger partial charge in [-0.1, -0.05) is 41.7 Å². The van der Waals surface area contributed by atoms with E-state index in [0.717, 1.165) is 17.9 Å². The average molecular weight is 446 g/mol. The van der Waals surface area contributed by atoms with Crippen molar-refractivity contribution in [2.75, 3.05) is 24.2 Å². The molecule has 0 radical (unpaired) electrons. The number of aromatic nitrogens is 1. The first-order valence-corrected chi connectivity index (χ1v) is 12.1. The van der Waals surface area contributed by atoms with Crippen molar-refractivity contribution >= 4 is 32.8 Å². The Balaban J connectivity index is 1.59. The summed E-state index contributed by atoms with van der Waals surface area (Å²) in [4.78, 5) is 2.16. The van der Waals surface area contributed by atoms with Crippen molar-refractivity contribution in [3.05, 3.63) is 77.2 Å². The monoisotopic (exact) mass is 445 g/mol. The molecular weight excluding hydrogens is 420 g/mol. The Labute approximate surface area is 181 Å². The van der Waals surface area contributed by atoms with Crippen molar-refractivity contribution in [2.45, 2.75) is 19.0 Å². The van der Waals surface area contributed by atoms with Gasteiger partial charge < -0.3 is 4.90 Å². The summed E-state index contributed by atoms with van der Waals surface area (Å²) in [6, 6.07) is 17.9. The second-order valence-corrected chi connectivity index (χ2v) is 9.31. The highest BCUT2D eigenvalue weighted by Crippen LogP contribution is 2.21. The highest BCUT2D eigenvalue weighted by atomic mass is 32.2. The van der Waals surface area contributed by atoms with E-state index in [9.17, 15) is 8.42 Å². The zero-order valence-electron chi connectivity index (χ0n) is 16.7. The van der Waals surface area contributed by atoms with Crippen molar-refractivity contribution in [3.8, 4) is 0 Å². The minimum Gasteiger partial charge on any atom is -0.370 e. The molecule has 158 valence electrons. The molecule has 1 heterocycles. The summed E-state index contributed by atoms with van der Waals surface area (Å²) in [7, 11) is -1.97. The molecule has 2 aromatic carbocycles. The van der Waals surface area contributed by atoms with Crippen LogP contribution in [0, 0.1) is 0 Å². The molecule has 0 aliphatic carbocycles. The summed E-state index contributed by atoms with van der Waals surface area (Å²) in [6.07, 6.45) is 2.13. The van der Waals surface area contributed by atoms with Gasteiger partial charge in [0.25, 0.3) is 10.1 Å². The quantitative estimate of drug-likeness (QED) is 0.287. The maximum absolute atomic E-state index is 11.1. The number of benzene rings is 2. The molecule has 0 spiro atoms. The van der Waals surface area contributed by atoms with Crippen LogP contribution in [-0.2, 0) is 16.7 Å². The van der Waals surface area contributed by atoms with Gasteiger partial charge in [-0.15, -0.1) is 0 Å². The standard InChI is InChI=1S/C21H24N4O3S2/c1-24(16-18-5-3-2-4-6-18)20-9-7-19(8-10-20)23-22-15-21(11-14-30(26,27)28)25-12-13-29-17-25/h2-10,12-13,17,21H,11,14-16H2,1H3/p+1. The maximum atomic E-state index is 11.1. The van der Waals surface area contributed by atoms with E-state index in [1.165, 1.54) is 16.9 Å². The molecular formula is C21H25N4O3S2+. The number of hydrogen-bond donors (Lipinski definition) is 1. The first-order chi connectivity index (χ1) is 14.4. The third-order valence-corrected chi connectivity index (χ3v) is 6.05.